The molecule has 0 spiro atoms. The Bertz CT molecular complexity index is 605. The van der Waals surface area contributed by atoms with Crippen LogP contribution in [0.2, 0.25) is 0 Å². The minimum absolute atomic E-state index is 0.0838. The van der Waals surface area contributed by atoms with E-state index in [1.54, 1.807) is 31.3 Å². The Morgan fingerprint density at radius 1 is 1.16 bits per heavy atom. The van der Waals surface area contributed by atoms with Gasteiger partial charge in [0.2, 0.25) is 11.5 Å². The van der Waals surface area contributed by atoms with Gasteiger partial charge in [-0.25, -0.2) is 4.63 Å². The summed E-state index contributed by atoms with van der Waals surface area (Å²) in [5.41, 5.74) is 6.30. The SMILES string of the molecule is CNC(=O)c1ccc(NC(=O)c2nonc2N)cc1. The highest BCUT2D eigenvalue weighted by molar-refractivity contribution is 6.05. The molecule has 0 aliphatic rings. The highest BCUT2D eigenvalue weighted by Gasteiger charge is 2.16. The average Bonchev–Trinajstić information content (AvgIpc) is 2.85. The normalized spacial score (nSPS) is 9.95. The second kappa shape index (κ2) is 5.17. The number of hydrogen-bond acceptors (Lipinski definition) is 6. The Balaban J connectivity index is 2.10. The zero-order valence-corrected chi connectivity index (χ0v) is 10.0. The number of nitrogen functional groups attached to an aromatic ring is 1. The summed E-state index contributed by atoms with van der Waals surface area (Å²) in [5, 5.41) is 11.7. The predicted molar refractivity (Wildman–Crippen MR) is 66.5 cm³/mol. The lowest BCUT2D eigenvalue weighted by molar-refractivity contribution is 0.0962. The molecule has 98 valence electrons. The van der Waals surface area contributed by atoms with Crippen molar-refractivity contribution in [3.63, 3.8) is 0 Å². The first-order chi connectivity index (χ1) is 9.11. The van der Waals surface area contributed by atoms with Crippen molar-refractivity contribution < 1.29 is 14.2 Å². The van der Waals surface area contributed by atoms with Crippen molar-refractivity contribution in [2.24, 2.45) is 0 Å². The number of carbonyl (C=O) groups is 2. The second-order valence-corrected chi connectivity index (χ2v) is 3.61. The summed E-state index contributed by atoms with van der Waals surface area (Å²) in [6, 6.07) is 6.34. The molecule has 1 heterocycles. The van der Waals surface area contributed by atoms with E-state index in [0.29, 0.717) is 11.3 Å². The zero-order valence-electron chi connectivity index (χ0n) is 10.0. The van der Waals surface area contributed by atoms with Gasteiger partial charge in [-0.15, -0.1) is 0 Å². The Kier molecular flexibility index (Phi) is 3.42. The third-order valence-electron chi connectivity index (χ3n) is 2.36. The van der Waals surface area contributed by atoms with E-state index in [1.807, 2.05) is 0 Å². The number of aromatic nitrogens is 2. The van der Waals surface area contributed by atoms with Crippen molar-refractivity contribution in [3.8, 4) is 0 Å². The Morgan fingerprint density at radius 2 is 1.84 bits per heavy atom. The van der Waals surface area contributed by atoms with Crippen LogP contribution in [0.1, 0.15) is 20.8 Å². The molecule has 8 nitrogen and oxygen atoms in total. The van der Waals surface area contributed by atoms with Gasteiger partial charge in [-0.05, 0) is 34.6 Å². The third kappa shape index (κ3) is 2.68. The fourth-order valence-corrected chi connectivity index (χ4v) is 1.39. The molecule has 2 amide bonds. The topological polar surface area (TPSA) is 123 Å². The molecule has 1 aromatic carbocycles. The molecule has 8 heteroatoms. The van der Waals surface area contributed by atoms with Crippen LogP contribution in [0.15, 0.2) is 28.9 Å². The van der Waals surface area contributed by atoms with Crippen LogP contribution in [0.4, 0.5) is 11.5 Å². The highest BCUT2D eigenvalue weighted by atomic mass is 16.6. The van der Waals surface area contributed by atoms with Gasteiger partial charge >= 0.3 is 0 Å². The summed E-state index contributed by atoms with van der Waals surface area (Å²) in [5.74, 6) is -0.825. The van der Waals surface area contributed by atoms with E-state index in [2.05, 4.69) is 25.6 Å². The molecule has 0 radical (unpaired) electrons. The third-order valence-corrected chi connectivity index (χ3v) is 2.36. The van der Waals surface area contributed by atoms with Crippen molar-refractivity contribution in [1.82, 2.24) is 15.6 Å². The van der Waals surface area contributed by atoms with Gasteiger partial charge in [-0.1, -0.05) is 0 Å². The lowest BCUT2D eigenvalue weighted by Crippen LogP contribution is -2.18. The Morgan fingerprint density at radius 3 is 2.37 bits per heavy atom. The minimum atomic E-state index is -0.536. The fourth-order valence-electron chi connectivity index (χ4n) is 1.39. The van der Waals surface area contributed by atoms with Gasteiger partial charge in [-0.2, -0.15) is 0 Å². The van der Waals surface area contributed by atoms with Gasteiger partial charge in [0.15, 0.2) is 0 Å². The van der Waals surface area contributed by atoms with E-state index in [-0.39, 0.29) is 17.4 Å². The lowest BCUT2D eigenvalue weighted by atomic mass is 10.2. The first-order valence-corrected chi connectivity index (χ1v) is 5.33. The first-order valence-electron chi connectivity index (χ1n) is 5.33. The number of amides is 2. The molecule has 2 rings (SSSR count). The van der Waals surface area contributed by atoms with Crippen LogP contribution in [-0.4, -0.2) is 29.2 Å². The summed E-state index contributed by atoms with van der Waals surface area (Å²) in [4.78, 5) is 23.1. The molecule has 1 aromatic heterocycles. The molecule has 19 heavy (non-hydrogen) atoms. The van der Waals surface area contributed by atoms with Crippen LogP contribution in [-0.2, 0) is 0 Å². The largest absolute Gasteiger partial charge is 0.379 e. The molecule has 0 atom stereocenters. The van der Waals surface area contributed by atoms with E-state index < -0.39 is 5.91 Å². The summed E-state index contributed by atoms with van der Waals surface area (Å²) < 4.78 is 4.33. The quantitative estimate of drug-likeness (QED) is 0.728. The lowest BCUT2D eigenvalue weighted by Gasteiger charge is -2.04. The van der Waals surface area contributed by atoms with E-state index in [0.717, 1.165) is 0 Å². The molecule has 0 aliphatic carbocycles. The van der Waals surface area contributed by atoms with Gasteiger partial charge in [0.1, 0.15) is 0 Å². The summed E-state index contributed by atoms with van der Waals surface area (Å²) in [6.45, 7) is 0. The van der Waals surface area contributed by atoms with E-state index >= 15 is 0 Å². The van der Waals surface area contributed by atoms with Crippen LogP contribution in [0.25, 0.3) is 0 Å². The number of nitrogens with zero attached hydrogens (tertiary/aromatic N) is 2. The van der Waals surface area contributed by atoms with Crippen molar-refractivity contribution in [3.05, 3.63) is 35.5 Å². The molecule has 0 saturated heterocycles. The molecule has 0 unspecified atom stereocenters. The van der Waals surface area contributed by atoms with E-state index in [4.69, 9.17) is 5.73 Å². The van der Waals surface area contributed by atoms with Crippen LogP contribution in [0.5, 0.6) is 0 Å². The Labute approximate surface area is 107 Å². The zero-order chi connectivity index (χ0) is 13.8. The highest BCUT2D eigenvalue weighted by Crippen LogP contribution is 2.12. The van der Waals surface area contributed by atoms with Gasteiger partial charge < -0.3 is 16.4 Å². The molecule has 0 bridgehead atoms. The average molecular weight is 261 g/mol. The van der Waals surface area contributed by atoms with Crippen LogP contribution in [0, 0.1) is 0 Å². The van der Waals surface area contributed by atoms with Crippen molar-refractivity contribution in [2.75, 3.05) is 18.1 Å². The molecule has 0 fully saturated rings. The summed E-state index contributed by atoms with van der Waals surface area (Å²) in [6.07, 6.45) is 0. The number of benzene rings is 1. The van der Waals surface area contributed by atoms with Gasteiger partial charge in [-0.3, -0.25) is 9.59 Å². The van der Waals surface area contributed by atoms with E-state index in [1.165, 1.54) is 0 Å². The fraction of sp³-hybridized carbons (Fsp3) is 0.0909. The van der Waals surface area contributed by atoms with Crippen molar-refractivity contribution >= 4 is 23.3 Å². The van der Waals surface area contributed by atoms with Crippen LogP contribution < -0.4 is 16.4 Å². The maximum Gasteiger partial charge on any atom is 0.281 e. The van der Waals surface area contributed by atoms with Gasteiger partial charge in [0.25, 0.3) is 11.8 Å². The minimum Gasteiger partial charge on any atom is -0.379 e. The second-order valence-electron chi connectivity index (χ2n) is 3.61. The predicted octanol–water partition coefficient (Wildman–Crippen LogP) is 0.264. The number of nitrogens with two attached hydrogens (primary N) is 1. The summed E-state index contributed by atoms with van der Waals surface area (Å²) >= 11 is 0. The summed E-state index contributed by atoms with van der Waals surface area (Å²) in [7, 11) is 1.54. The molecule has 0 aliphatic heterocycles. The molecule has 0 saturated carbocycles. The van der Waals surface area contributed by atoms with E-state index in [9.17, 15) is 9.59 Å². The number of carbonyl (C=O) groups excluding carboxylic acids is 2. The Hall–Kier alpha value is -2.90. The van der Waals surface area contributed by atoms with Crippen molar-refractivity contribution in [2.45, 2.75) is 0 Å². The van der Waals surface area contributed by atoms with Gasteiger partial charge in [0, 0.05) is 18.3 Å². The van der Waals surface area contributed by atoms with Crippen molar-refractivity contribution in [1.29, 1.82) is 0 Å². The number of anilines is 2. The monoisotopic (exact) mass is 261 g/mol. The molecule has 2 aromatic rings. The standard InChI is InChI=1S/C11H11N5O3/c1-13-10(17)6-2-4-7(5-3-6)14-11(18)8-9(12)16-19-15-8/h2-5H,1H3,(H2,12,16)(H,13,17)(H,14,18). The van der Waals surface area contributed by atoms with Gasteiger partial charge in [0.05, 0.1) is 0 Å². The number of nitrogens with one attached hydrogen (secondary N) is 2. The maximum atomic E-state index is 11.7. The van der Waals surface area contributed by atoms with Crippen LogP contribution >= 0.6 is 0 Å². The van der Waals surface area contributed by atoms with Crippen LogP contribution in [0.3, 0.4) is 0 Å². The molecule has 4 N–H and O–H groups in total. The first kappa shape index (κ1) is 12.6. The smallest absolute Gasteiger partial charge is 0.281 e. The molecular weight excluding hydrogens is 250 g/mol. The molecular formula is C11H11N5O3. The number of hydrogen-bond donors (Lipinski definition) is 3. The number of rotatable bonds is 3. The maximum absolute atomic E-state index is 11.7.